The Bertz CT molecular complexity index is 404. The summed E-state index contributed by atoms with van der Waals surface area (Å²) in [5.41, 5.74) is 0.112. The Morgan fingerprint density at radius 2 is 1.83 bits per heavy atom. The maximum Gasteiger partial charge on any atom is 0.308 e. The van der Waals surface area contributed by atoms with Crippen LogP contribution in [0.1, 0.15) is 39.5 Å². The lowest BCUT2D eigenvalue weighted by Crippen LogP contribution is -2.47. The Kier molecular flexibility index (Phi) is 2.48. The molecule has 0 aromatic carbocycles. The second-order valence-electron chi connectivity index (χ2n) is 6.98. The molecule has 0 aromatic heterocycles. The van der Waals surface area contributed by atoms with Gasteiger partial charge in [-0.1, -0.05) is 13.8 Å². The van der Waals surface area contributed by atoms with Crippen molar-refractivity contribution in [1.82, 2.24) is 5.32 Å². The first-order valence-corrected chi connectivity index (χ1v) is 6.93. The highest BCUT2D eigenvalue weighted by Gasteiger charge is 2.55. The normalized spacial score (nSPS) is 43.8. The van der Waals surface area contributed by atoms with Crippen molar-refractivity contribution in [2.45, 2.75) is 45.6 Å². The monoisotopic (exact) mass is 251 g/mol. The first kappa shape index (κ1) is 12.0. The number of carbonyl (C=O) groups is 2. The second-order valence-corrected chi connectivity index (χ2v) is 6.98. The highest BCUT2D eigenvalue weighted by Crippen LogP contribution is 2.53. The van der Waals surface area contributed by atoms with Crippen molar-refractivity contribution < 1.29 is 14.7 Å². The number of hydrogen-bond donors (Lipinski definition) is 2. The third-order valence-corrected chi connectivity index (χ3v) is 5.34. The fraction of sp³-hybridized carbons (Fsp3) is 0.857. The molecule has 4 nitrogen and oxygen atoms in total. The van der Waals surface area contributed by atoms with Gasteiger partial charge in [-0.15, -0.1) is 0 Å². The lowest BCUT2D eigenvalue weighted by Gasteiger charge is -2.29. The van der Waals surface area contributed by atoms with Crippen LogP contribution >= 0.6 is 0 Å². The van der Waals surface area contributed by atoms with Gasteiger partial charge in [-0.05, 0) is 42.9 Å². The molecule has 2 bridgehead atoms. The number of amides is 1. The summed E-state index contributed by atoms with van der Waals surface area (Å²) in [7, 11) is 0. The van der Waals surface area contributed by atoms with E-state index < -0.39 is 5.97 Å². The minimum absolute atomic E-state index is 0.0730. The van der Waals surface area contributed by atoms with Crippen molar-refractivity contribution in [2.75, 3.05) is 0 Å². The van der Waals surface area contributed by atoms with E-state index in [0.717, 1.165) is 25.7 Å². The first-order valence-electron chi connectivity index (χ1n) is 6.93. The maximum absolute atomic E-state index is 12.1. The lowest BCUT2D eigenvalue weighted by molar-refractivity contribution is -0.144. The molecule has 3 rings (SSSR count). The van der Waals surface area contributed by atoms with E-state index >= 15 is 0 Å². The summed E-state index contributed by atoms with van der Waals surface area (Å²) in [5.74, 6) is -0.251. The van der Waals surface area contributed by atoms with Gasteiger partial charge in [-0.2, -0.15) is 0 Å². The van der Waals surface area contributed by atoms with Crippen LogP contribution in [0.15, 0.2) is 0 Å². The molecule has 0 heterocycles. The minimum Gasteiger partial charge on any atom is -0.481 e. The van der Waals surface area contributed by atoms with E-state index in [4.69, 9.17) is 0 Å². The van der Waals surface area contributed by atoms with Crippen molar-refractivity contribution in [3.63, 3.8) is 0 Å². The minimum atomic E-state index is -0.734. The molecule has 18 heavy (non-hydrogen) atoms. The average molecular weight is 251 g/mol. The van der Waals surface area contributed by atoms with Crippen LogP contribution in [0.3, 0.4) is 0 Å². The predicted molar refractivity (Wildman–Crippen MR) is 65.8 cm³/mol. The van der Waals surface area contributed by atoms with Gasteiger partial charge in [0.05, 0.1) is 5.92 Å². The molecule has 0 saturated heterocycles. The number of aliphatic carboxylic acids is 1. The molecule has 4 heteroatoms. The molecule has 3 aliphatic carbocycles. The van der Waals surface area contributed by atoms with Crippen molar-refractivity contribution >= 4 is 11.9 Å². The molecule has 3 saturated carbocycles. The van der Waals surface area contributed by atoms with E-state index in [0.29, 0.717) is 5.92 Å². The van der Waals surface area contributed by atoms with Gasteiger partial charge in [0.1, 0.15) is 0 Å². The standard InChI is InChI=1S/C14H21NO3/c1-14(2)6-9(14)12(16)15-11-8-4-3-7(5-8)10(11)13(17)18/h7-11H,3-6H2,1-2H3,(H,15,16)(H,17,18). The summed E-state index contributed by atoms with van der Waals surface area (Å²) in [6, 6.07) is -0.120. The molecular formula is C14H21NO3. The summed E-state index contributed by atoms with van der Waals surface area (Å²) in [5, 5.41) is 12.4. The van der Waals surface area contributed by atoms with Gasteiger partial charge in [0, 0.05) is 12.0 Å². The fourth-order valence-electron chi connectivity index (χ4n) is 4.03. The zero-order valence-electron chi connectivity index (χ0n) is 11.0. The Balaban J connectivity index is 1.68. The number of carboxylic acids is 1. The van der Waals surface area contributed by atoms with E-state index in [-0.39, 0.29) is 35.1 Å². The molecule has 0 aromatic rings. The topological polar surface area (TPSA) is 66.4 Å². The summed E-state index contributed by atoms with van der Waals surface area (Å²) in [4.78, 5) is 23.5. The van der Waals surface area contributed by atoms with Crippen LogP contribution in [-0.4, -0.2) is 23.0 Å². The van der Waals surface area contributed by atoms with Crippen molar-refractivity contribution in [1.29, 1.82) is 0 Å². The number of carbonyl (C=O) groups excluding carboxylic acids is 1. The molecule has 0 radical (unpaired) electrons. The molecular weight excluding hydrogens is 230 g/mol. The van der Waals surface area contributed by atoms with Gasteiger partial charge in [0.15, 0.2) is 0 Å². The molecule has 1 amide bonds. The van der Waals surface area contributed by atoms with Gasteiger partial charge >= 0.3 is 5.97 Å². The summed E-state index contributed by atoms with van der Waals surface area (Å²) >= 11 is 0. The van der Waals surface area contributed by atoms with E-state index in [1.54, 1.807) is 0 Å². The number of hydrogen-bond acceptors (Lipinski definition) is 2. The van der Waals surface area contributed by atoms with Crippen molar-refractivity contribution in [2.24, 2.45) is 29.1 Å². The third kappa shape index (κ3) is 1.73. The fourth-order valence-corrected chi connectivity index (χ4v) is 4.03. The van der Waals surface area contributed by atoms with Crippen LogP contribution < -0.4 is 5.32 Å². The summed E-state index contributed by atoms with van der Waals surface area (Å²) in [6.45, 7) is 4.18. The smallest absolute Gasteiger partial charge is 0.308 e. The summed E-state index contributed by atoms with van der Waals surface area (Å²) in [6.07, 6.45) is 4.00. The van der Waals surface area contributed by atoms with Crippen LogP contribution in [0.4, 0.5) is 0 Å². The number of rotatable bonds is 3. The number of nitrogens with one attached hydrogen (secondary N) is 1. The number of carboxylic acid groups (broad SMARTS) is 1. The predicted octanol–water partition coefficient (Wildman–Crippen LogP) is 1.65. The average Bonchev–Trinajstić information content (AvgIpc) is 2.66. The second kappa shape index (κ2) is 3.72. The van der Waals surface area contributed by atoms with Crippen molar-refractivity contribution in [3.05, 3.63) is 0 Å². The van der Waals surface area contributed by atoms with Gasteiger partial charge in [-0.3, -0.25) is 9.59 Å². The third-order valence-electron chi connectivity index (χ3n) is 5.34. The van der Waals surface area contributed by atoms with Crippen LogP contribution in [0.2, 0.25) is 0 Å². The Hall–Kier alpha value is -1.06. The van der Waals surface area contributed by atoms with Gasteiger partial charge in [0.2, 0.25) is 5.91 Å². The highest BCUT2D eigenvalue weighted by molar-refractivity contribution is 5.83. The molecule has 0 spiro atoms. The van der Waals surface area contributed by atoms with Crippen LogP contribution in [-0.2, 0) is 9.59 Å². The maximum atomic E-state index is 12.1. The Morgan fingerprint density at radius 1 is 1.22 bits per heavy atom. The molecule has 5 unspecified atom stereocenters. The quantitative estimate of drug-likeness (QED) is 0.801. The highest BCUT2D eigenvalue weighted by atomic mass is 16.4. The molecule has 5 atom stereocenters. The lowest BCUT2D eigenvalue weighted by atomic mass is 9.84. The van der Waals surface area contributed by atoms with Crippen LogP contribution in [0.25, 0.3) is 0 Å². The zero-order chi connectivity index (χ0) is 13.1. The summed E-state index contributed by atoms with van der Waals surface area (Å²) < 4.78 is 0. The molecule has 0 aliphatic heterocycles. The van der Waals surface area contributed by atoms with E-state index in [1.807, 2.05) is 0 Å². The number of fused-ring (bicyclic) bond motifs is 2. The van der Waals surface area contributed by atoms with E-state index in [1.165, 1.54) is 0 Å². The van der Waals surface area contributed by atoms with E-state index in [2.05, 4.69) is 19.2 Å². The van der Waals surface area contributed by atoms with E-state index in [9.17, 15) is 14.7 Å². The molecule has 3 fully saturated rings. The first-order chi connectivity index (χ1) is 8.40. The van der Waals surface area contributed by atoms with Gasteiger partial charge in [0.25, 0.3) is 0 Å². The van der Waals surface area contributed by atoms with Gasteiger partial charge in [-0.25, -0.2) is 0 Å². The van der Waals surface area contributed by atoms with Crippen LogP contribution in [0.5, 0.6) is 0 Å². The molecule has 3 aliphatic rings. The largest absolute Gasteiger partial charge is 0.481 e. The molecule has 100 valence electrons. The zero-order valence-corrected chi connectivity index (χ0v) is 11.0. The van der Waals surface area contributed by atoms with Gasteiger partial charge < -0.3 is 10.4 Å². The SMILES string of the molecule is CC1(C)CC1C(=O)NC1C2CCC(C2)C1C(=O)O. The molecule has 2 N–H and O–H groups in total. The Labute approximate surface area is 107 Å². The Morgan fingerprint density at radius 3 is 2.39 bits per heavy atom. The van der Waals surface area contributed by atoms with Crippen LogP contribution in [0, 0.1) is 29.1 Å². The van der Waals surface area contributed by atoms with Crippen molar-refractivity contribution in [3.8, 4) is 0 Å².